The van der Waals surface area contributed by atoms with Crippen LogP contribution in [-0.4, -0.2) is 36.1 Å². The topological polar surface area (TPSA) is 78.4 Å². The molecule has 1 saturated heterocycles. The highest BCUT2D eigenvalue weighted by Crippen LogP contribution is 2.14. The van der Waals surface area contributed by atoms with E-state index in [1.54, 1.807) is 6.92 Å². The van der Waals surface area contributed by atoms with Crippen LogP contribution in [0, 0.1) is 11.8 Å². The van der Waals surface area contributed by atoms with Crippen molar-refractivity contribution in [3.05, 3.63) is 0 Å². The minimum atomic E-state index is -0.852. The number of amides is 1. The van der Waals surface area contributed by atoms with Crippen molar-refractivity contribution in [1.82, 2.24) is 10.6 Å². The molecule has 0 aromatic rings. The van der Waals surface area contributed by atoms with Gasteiger partial charge < -0.3 is 15.7 Å². The van der Waals surface area contributed by atoms with Crippen LogP contribution in [0.1, 0.15) is 26.7 Å². The van der Waals surface area contributed by atoms with Crippen LogP contribution in [0.2, 0.25) is 0 Å². The molecule has 1 amide bonds. The van der Waals surface area contributed by atoms with E-state index in [1.807, 2.05) is 6.92 Å². The number of carboxylic acids is 1. The van der Waals surface area contributed by atoms with Crippen LogP contribution in [0.25, 0.3) is 0 Å². The van der Waals surface area contributed by atoms with E-state index in [0.29, 0.717) is 12.3 Å². The van der Waals surface area contributed by atoms with Crippen LogP contribution in [0.5, 0.6) is 0 Å². The van der Waals surface area contributed by atoms with Crippen molar-refractivity contribution in [3.63, 3.8) is 0 Å². The second-order valence-corrected chi connectivity index (χ2v) is 4.39. The maximum atomic E-state index is 11.7. The predicted molar refractivity (Wildman–Crippen MR) is 60.0 cm³/mol. The van der Waals surface area contributed by atoms with E-state index in [-0.39, 0.29) is 18.5 Å². The lowest BCUT2D eigenvalue weighted by molar-refractivity contribution is -0.141. The van der Waals surface area contributed by atoms with Gasteiger partial charge in [0.1, 0.15) is 0 Å². The molecule has 3 unspecified atom stereocenters. The first-order valence-corrected chi connectivity index (χ1v) is 5.80. The summed E-state index contributed by atoms with van der Waals surface area (Å²) in [6.07, 6.45) is 1.53. The maximum Gasteiger partial charge on any atom is 0.308 e. The molecule has 1 aliphatic heterocycles. The van der Waals surface area contributed by atoms with Gasteiger partial charge in [-0.05, 0) is 25.3 Å². The Morgan fingerprint density at radius 2 is 2.25 bits per heavy atom. The molecular formula is C11H20N2O3. The molecule has 0 saturated carbocycles. The highest BCUT2D eigenvalue weighted by Gasteiger charge is 2.29. The Morgan fingerprint density at radius 1 is 1.56 bits per heavy atom. The third-order valence-corrected chi connectivity index (χ3v) is 3.18. The van der Waals surface area contributed by atoms with Gasteiger partial charge in [0.05, 0.1) is 12.0 Å². The lowest BCUT2D eigenvalue weighted by Gasteiger charge is -2.17. The lowest BCUT2D eigenvalue weighted by Crippen LogP contribution is -2.45. The summed E-state index contributed by atoms with van der Waals surface area (Å²) in [4.78, 5) is 22.5. The second-order valence-electron chi connectivity index (χ2n) is 4.39. The van der Waals surface area contributed by atoms with E-state index in [0.717, 1.165) is 13.0 Å². The predicted octanol–water partition coefficient (Wildman–Crippen LogP) is 0.211. The van der Waals surface area contributed by atoms with Gasteiger partial charge in [0.25, 0.3) is 0 Å². The molecular weight excluding hydrogens is 208 g/mol. The highest BCUT2D eigenvalue weighted by molar-refractivity contribution is 5.83. The lowest BCUT2D eigenvalue weighted by atomic mass is 10.0. The van der Waals surface area contributed by atoms with Gasteiger partial charge in [0.15, 0.2) is 0 Å². The van der Waals surface area contributed by atoms with Crippen LogP contribution in [0.4, 0.5) is 0 Å². The Kier molecular flexibility index (Phi) is 4.73. The Bertz CT molecular complexity index is 268. The molecule has 0 bridgehead atoms. The van der Waals surface area contributed by atoms with E-state index in [2.05, 4.69) is 10.6 Å². The molecule has 1 aliphatic rings. The number of hydrogen-bond acceptors (Lipinski definition) is 3. The van der Waals surface area contributed by atoms with Crippen molar-refractivity contribution in [3.8, 4) is 0 Å². The van der Waals surface area contributed by atoms with Crippen molar-refractivity contribution in [2.45, 2.75) is 32.7 Å². The molecule has 0 spiro atoms. The molecule has 1 heterocycles. The number of carboxylic acid groups (broad SMARTS) is 1. The summed E-state index contributed by atoms with van der Waals surface area (Å²) in [6.45, 7) is 4.91. The summed E-state index contributed by atoms with van der Waals surface area (Å²) < 4.78 is 0. The fourth-order valence-corrected chi connectivity index (χ4v) is 1.93. The van der Waals surface area contributed by atoms with Gasteiger partial charge in [-0.25, -0.2) is 0 Å². The minimum absolute atomic E-state index is 0.0790. The van der Waals surface area contributed by atoms with Crippen molar-refractivity contribution in [2.24, 2.45) is 11.8 Å². The van der Waals surface area contributed by atoms with Gasteiger partial charge in [-0.3, -0.25) is 9.59 Å². The Hall–Kier alpha value is -1.10. The normalized spacial score (nSPS) is 26.4. The summed E-state index contributed by atoms with van der Waals surface area (Å²) in [6, 6.07) is -0.161. The number of carbonyl (C=O) groups is 2. The van der Waals surface area contributed by atoms with Crippen LogP contribution < -0.4 is 10.6 Å². The zero-order valence-corrected chi connectivity index (χ0v) is 9.82. The number of rotatable bonds is 5. The van der Waals surface area contributed by atoms with Crippen molar-refractivity contribution in [2.75, 3.05) is 13.1 Å². The molecule has 0 aromatic heterocycles. The largest absolute Gasteiger partial charge is 0.481 e. The van der Waals surface area contributed by atoms with Crippen LogP contribution >= 0.6 is 0 Å². The first-order chi connectivity index (χ1) is 7.56. The van der Waals surface area contributed by atoms with Crippen LogP contribution in [-0.2, 0) is 9.59 Å². The standard InChI is InChI=1S/C11H20N2O3/c1-3-8(11(15)16)6-13-10(14)9-7(2)4-5-12-9/h7-9,12H,3-6H2,1-2H3,(H,13,14)(H,15,16). The van der Waals surface area contributed by atoms with Crippen molar-refractivity contribution in [1.29, 1.82) is 0 Å². The Balaban J connectivity index is 2.37. The highest BCUT2D eigenvalue weighted by atomic mass is 16.4. The molecule has 3 atom stereocenters. The van der Waals surface area contributed by atoms with Gasteiger partial charge >= 0.3 is 5.97 Å². The molecule has 92 valence electrons. The molecule has 0 radical (unpaired) electrons. The van der Waals surface area contributed by atoms with Gasteiger partial charge in [-0.1, -0.05) is 13.8 Å². The van der Waals surface area contributed by atoms with E-state index < -0.39 is 11.9 Å². The first kappa shape index (κ1) is 13.0. The third kappa shape index (κ3) is 3.20. The Labute approximate surface area is 95.6 Å². The van der Waals surface area contributed by atoms with Gasteiger partial charge in [0, 0.05) is 6.54 Å². The Morgan fingerprint density at radius 3 is 2.69 bits per heavy atom. The number of hydrogen-bond donors (Lipinski definition) is 3. The molecule has 3 N–H and O–H groups in total. The maximum absolute atomic E-state index is 11.7. The third-order valence-electron chi connectivity index (χ3n) is 3.18. The van der Waals surface area contributed by atoms with Gasteiger partial charge in [-0.2, -0.15) is 0 Å². The monoisotopic (exact) mass is 228 g/mol. The second kappa shape index (κ2) is 5.84. The summed E-state index contributed by atoms with van der Waals surface area (Å²) in [5.41, 5.74) is 0. The number of nitrogens with one attached hydrogen (secondary N) is 2. The summed E-state index contributed by atoms with van der Waals surface area (Å²) >= 11 is 0. The molecule has 0 aliphatic carbocycles. The SMILES string of the molecule is CCC(CNC(=O)C1NCCC1C)C(=O)O. The molecule has 5 heteroatoms. The van der Waals surface area contributed by atoms with E-state index in [9.17, 15) is 9.59 Å². The van der Waals surface area contributed by atoms with Gasteiger partial charge in [0.2, 0.25) is 5.91 Å². The fourth-order valence-electron chi connectivity index (χ4n) is 1.93. The minimum Gasteiger partial charge on any atom is -0.481 e. The zero-order chi connectivity index (χ0) is 12.1. The van der Waals surface area contributed by atoms with E-state index in [1.165, 1.54) is 0 Å². The average Bonchev–Trinajstić information content (AvgIpc) is 2.64. The summed E-state index contributed by atoms with van der Waals surface area (Å²) in [5.74, 6) is -1.09. The van der Waals surface area contributed by atoms with Crippen molar-refractivity contribution < 1.29 is 14.7 Å². The molecule has 1 rings (SSSR count). The van der Waals surface area contributed by atoms with E-state index >= 15 is 0 Å². The molecule has 0 aromatic carbocycles. The van der Waals surface area contributed by atoms with E-state index in [4.69, 9.17) is 5.11 Å². The number of aliphatic carboxylic acids is 1. The summed E-state index contributed by atoms with van der Waals surface area (Å²) in [7, 11) is 0. The zero-order valence-electron chi connectivity index (χ0n) is 9.82. The molecule has 1 fully saturated rings. The number of carbonyl (C=O) groups excluding carboxylic acids is 1. The van der Waals surface area contributed by atoms with Crippen LogP contribution in [0.3, 0.4) is 0 Å². The average molecular weight is 228 g/mol. The van der Waals surface area contributed by atoms with Crippen LogP contribution in [0.15, 0.2) is 0 Å². The first-order valence-electron chi connectivity index (χ1n) is 5.80. The molecule has 5 nitrogen and oxygen atoms in total. The fraction of sp³-hybridized carbons (Fsp3) is 0.818. The van der Waals surface area contributed by atoms with Gasteiger partial charge in [-0.15, -0.1) is 0 Å². The van der Waals surface area contributed by atoms with Crippen molar-refractivity contribution >= 4 is 11.9 Å². The smallest absolute Gasteiger partial charge is 0.308 e. The summed E-state index contributed by atoms with van der Waals surface area (Å²) in [5, 5.41) is 14.7. The quantitative estimate of drug-likeness (QED) is 0.628. The molecule has 16 heavy (non-hydrogen) atoms.